The van der Waals surface area contributed by atoms with E-state index in [0.717, 1.165) is 36.7 Å². The second-order valence-electron chi connectivity index (χ2n) is 5.18. The molecule has 0 aliphatic carbocycles. The molecule has 1 aliphatic rings. The van der Waals surface area contributed by atoms with Gasteiger partial charge in [-0.05, 0) is 31.4 Å². The fourth-order valence-corrected chi connectivity index (χ4v) is 2.51. The van der Waals surface area contributed by atoms with Crippen LogP contribution < -0.4 is 0 Å². The highest BCUT2D eigenvalue weighted by Gasteiger charge is 2.19. The van der Waals surface area contributed by atoms with E-state index in [9.17, 15) is 4.79 Å². The molecule has 1 fully saturated rings. The minimum Gasteiger partial charge on any atom is -0.303 e. The van der Waals surface area contributed by atoms with Gasteiger partial charge in [0.1, 0.15) is 0 Å². The summed E-state index contributed by atoms with van der Waals surface area (Å²) in [5.74, 6) is 1.08. The maximum Gasteiger partial charge on any atom is 0.164 e. The molecule has 0 saturated carbocycles. The fraction of sp³-hybridized carbons (Fsp3) is 0.533. The number of ketones is 1. The lowest BCUT2D eigenvalue weighted by molar-refractivity contribution is 0.0967. The van der Waals surface area contributed by atoms with E-state index in [-0.39, 0.29) is 5.78 Å². The van der Waals surface area contributed by atoms with Gasteiger partial charge in [0.05, 0.1) is 0 Å². The Morgan fingerprint density at radius 1 is 1.41 bits per heavy atom. The molecular formula is C15H21NO. The average molecular weight is 231 g/mol. The summed E-state index contributed by atoms with van der Waals surface area (Å²) in [5.41, 5.74) is 1.98. The molecule has 0 radical (unpaired) electrons. The molecule has 1 aliphatic heterocycles. The Morgan fingerprint density at radius 3 is 2.82 bits per heavy atom. The molecule has 1 atom stereocenters. The first-order valence-electron chi connectivity index (χ1n) is 6.48. The second-order valence-corrected chi connectivity index (χ2v) is 5.18. The zero-order valence-corrected chi connectivity index (χ0v) is 10.8. The van der Waals surface area contributed by atoms with Gasteiger partial charge in [-0.25, -0.2) is 0 Å². The van der Waals surface area contributed by atoms with Crippen LogP contribution in [0, 0.1) is 12.8 Å². The summed E-state index contributed by atoms with van der Waals surface area (Å²) in [4.78, 5) is 14.5. The predicted octanol–water partition coefficient (Wildman–Crippen LogP) is 2.91. The van der Waals surface area contributed by atoms with Crippen molar-refractivity contribution in [3.05, 3.63) is 35.4 Å². The van der Waals surface area contributed by atoms with E-state index < -0.39 is 0 Å². The first-order valence-corrected chi connectivity index (χ1v) is 6.48. The van der Waals surface area contributed by atoms with Crippen LogP contribution in [0.25, 0.3) is 0 Å². The van der Waals surface area contributed by atoms with Crippen molar-refractivity contribution in [1.82, 2.24) is 4.90 Å². The SMILES string of the molecule is Cc1ccccc1C(=O)CCN1CCC(C)C1. The van der Waals surface area contributed by atoms with Crippen molar-refractivity contribution < 1.29 is 4.79 Å². The third-order valence-electron chi connectivity index (χ3n) is 3.61. The first-order chi connectivity index (χ1) is 8.16. The summed E-state index contributed by atoms with van der Waals surface area (Å²) < 4.78 is 0. The average Bonchev–Trinajstić information content (AvgIpc) is 2.73. The predicted molar refractivity (Wildman–Crippen MR) is 70.3 cm³/mol. The van der Waals surface area contributed by atoms with Gasteiger partial charge in [0.15, 0.2) is 5.78 Å². The lowest BCUT2D eigenvalue weighted by Gasteiger charge is -2.14. The summed E-state index contributed by atoms with van der Waals surface area (Å²) in [5, 5.41) is 0. The van der Waals surface area contributed by atoms with Crippen LogP contribution in [0.4, 0.5) is 0 Å². The van der Waals surface area contributed by atoms with Gasteiger partial charge in [0.2, 0.25) is 0 Å². The smallest absolute Gasteiger partial charge is 0.164 e. The van der Waals surface area contributed by atoms with Gasteiger partial charge in [0, 0.05) is 25.1 Å². The van der Waals surface area contributed by atoms with Crippen LogP contribution in [-0.2, 0) is 0 Å². The number of aryl methyl sites for hydroxylation is 1. The van der Waals surface area contributed by atoms with Crippen molar-refractivity contribution in [3.63, 3.8) is 0 Å². The molecule has 0 spiro atoms. The molecule has 2 rings (SSSR count). The molecule has 92 valence electrons. The van der Waals surface area contributed by atoms with E-state index in [1.165, 1.54) is 6.42 Å². The first kappa shape index (κ1) is 12.3. The highest BCUT2D eigenvalue weighted by atomic mass is 16.1. The normalized spacial score (nSPS) is 20.7. The minimum atomic E-state index is 0.280. The van der Waals surface area contributed by atoms with Gasteiger partial charge in [-0.15, -0.1) is 0 Å². The van der Waals surface area contributed by atoms with Crippen LogP contribution in [0.3, 0.4) is 0 Å². The Labute approximate surface area is 104 Å². The zero-order chi connectivity index (χ0) is 12.3. The number of Topliss-reactive ketones (excluding diaryl/α,β-unsaturated/α-hetero) is 1. The lowest BCUT2D eigenvalue weighted by atomic mass is 10.0. The number of nitrogens with zero attached hydrogens (tertiary/aromatic N) is 1. The third kappa shape index (κ3) is 3.16. The van der Waals surface area contributed by atoms with Crippen LogP contribution in [0.1, 0.15) is 35.7 Å². The number of carbonyl (C=O) groups is 1. The second kappa shape index (κ2) is 5.46. The van der Waals surface area contributed by atoms with Crippen molar-refractivity contribution in [3.8, 4) is 0 Å². The molecule has 1 heterocycles. The van der Waals surface area contributed by atoms with Crippen LogP contribution in [0.15, 0.2) is 24.3 Å². The summed E-state index contributed by atoms with van der Waals surface area (Å²) in [6.07, 6.45) is 1.93. The van der Waals surface area contributed by atoms with E-state index in [1.54, 1.807) is 0 Å². The maximum atomic E-state index is 12.1. The number of carbonyl (C=O) groups excluding carboxylic acids is 1. The number of hydrogen-bond donors (Lipinski definition) is 0. The van der Waals surface area contributed by atoms with E-state index >= 15 is 0 Å². The monoisotopic (exact) mass is 231 g/mol. The molecule has 1 saturated heterocycles. The topological polar surface area (TPSA) is 20.3 Å². The van der Waals surface area contributed by atoms with Crippen molar-refractivity contribution in [2.45, 2.75) is 26.7 Å². The number of rotatable bonds is 4. The third-order valence-corrected chi connectivity index (χ3v) is 3.61. The maximum absolute atomic E-state index is 12.1. The summed E-state index contributed by atoms with van der Waals surface area (Å²) in [6.45, 7) is 7.51. The van der Waals surface area contributed by atoms with Gasteiger partial charge in [-0.1, -0.05) is 31.2 Å². The van der Waals surface area contributed by atoms with Gasteiger partial charge >= 0.3 is 0 Å². The van der Waals surface area contributed by atoms with Gasteiger partial charge in [-0.3, -0.25) is 4.79 Å². The molecule has 0 N–H and O–H groups in total. The Balaban J connectivity index is 1.88. The molecule has 1 aromatic carbocycles. The van der Waals surface area contributed by atoms with E-state index in [0.29, 0.717) is 6.42 Å². The number of likely N-dealkylation sites (tertiary alicyclic amines) is 1. The minimum absolute atomic E-state index is 0.280. The summed E-state index contributed by atoms with van der Waals surface area (Å²) in [6, 6.07) is 7.86. The number of benzene rings is 1. The Bertz CT molecular complexity index is 400. The van der Waals surface area contributed by atoms with Gasteiger partial charge in [0.25, 0.3) is 0 Å². The van der Waals surface area contributed by atoms with Crippen LogP contribution in [0.2, 0.25) is 0 Å². The number of hydrogen-bond acceptors (Lipinski definition) is 2. The van der Waals surface area contributed by atoms with Gasteiger partial charge < -0.3 is 4.90 Å². The quantitative estimate of drug-likeness (QED) is 0.743. The van der Waals surface area contributed by atoms with Crippen molar-refractivity contribution in [1.29, 1.82) is 0 Å². The van der Waals surface area contributed by atoms with Crippen LogP contribution in [-0.4, -0.2) is 30.3 Å². The lowest BCUT2D eigenvalue weighted by Crippen LogP contribution is -2.23. The Morgan fingerprint density at radius 2 is 2.18 bits per heavy atom. The standard InChI is InChI=1S/C15H21NO/c1-12-7-9-16(11-12)10-8-15(17)14-6-4-3-5-13(14)2/h3-6,12H,7-11H2,1-2H3. The molecular weight excluding hydrogens is 210 g/mol. The Hall–Kier alpha value is -1.15. The van der Waals surface area contributed by atoms with Crippen molar-refractivity contribution >= 4 is 5.78 Å². The highest BCUT2D eigenvalue weighted by Crippen LogP contribution is 2.16. The van der Waals surface area contributed by atoms with E-state index in [1.807, 2.05) is 31.2 Å². The zero-order valence-electron chi connectivity index (χ0n) is 10.8. The van der Waals surface area contributed by atoms with Crippen LogP contribution >= 0.6 is 0 Å². The fourth-order valence-electron chi connectivity index (χ4n) is 2.51. The molecule has 2 nitrogen and oxygen atoms in total. The summed E-state index contributed by atoms with van der Waals surface area (Å²) >= 11 is 0. The van der Waals surface area contributed by atoms with Crippen molar-refractivity contribution in [2.75, 3.05) is 19.6 Å². The van der Waals surface area contributed by atoms with E-state index in [2.05, 4.69) is 11.8 Å². The van der Waals surface area contributed by atoms with E-state index in [4.69, 9.17) is 0 Å². The Kier molecular flexibility index (Phi) is 3.95. The van der Waals surface area contributed by atoms with Crippen molar-refractivity contribution in [2.24, 2.45) is 5.92 Å². The van der Waals surface area contributed by atoms with Gasteiger partial charge in [-0.2, -0.15) is 0 Å². The molecule has 1 unspecified atom stereocenters. The molecule has 0 aromatic heterocycles. The summed E-state index contributed by atoms with van der Waals surface area (Å²) in [7, 11) is 0. The largest absolute Gasteiger partial charge is 0.303 e. The highest BCUT2D eigenvalue weighted by molar-refractivity contribution is 5.97. The molecule has 0 bridgehead atoms. The molecule has 0 amide bonds. The van der Waals surface area contributed by atoms with Crippen LogP contribution in [0.5, 0.6) is 0 Å². The molecule has 2 heteroatoms. The molecule has 1 aromatic rings. The molecule has 17 heavy (non-hydrogen) atoms.